The van der Waals surface area contributed by atoms with Gasteiger partial charge >= 0.3 is 0 Å². The summed E-state index contributed by atoms with van der Waals surface area (Å²) in [5.41, 5.74) is 2.97. The van der Waals surface area contributed by atoms with E-state index in [0.29, 0.717) is 10.6 Å². The van der Waals surface area contributed by atoms with Gasteiger partial charge in [-0.15, -0.1) is 0 Å². The number of benzene rings is 2. The number of amides is 1. The smallest absolute Gasteiger partial charge is 0.259 e. The first-order valence-electron chi connectivity index (χ1n) is 6.01. The molecule has 1 amide bonds. The fourth-order valence-electron chi connectivity index (χ4n) is 2.36. The quantitative estimate of drug-likeness (QED) is 0.678. The molecule has 96 valence electrons. The summed E-state index contributed by atoms with van der Waals surface area (Å²) in [7, 11) is 0. The molecule has 19 heavy (non-hydrogen) atoms. The van der Waals surface area contributed by atoms with Crippen LogP contribution in [0.1, 0.15) is 15.9 Å². The van der Waals surface area contributed by atoms with Gasteiger partial charge in [0.1, 0.15) is 0 Å². The molecule has 0 N–H and O–H groups in total. The molecule has 1 heterocycles. The number of para-hydroxylation sites is 1. The standard InChI is InChI=1S/C15H11ClINO/c16-11-5-6-12(13(17)9-11)15(19)18-8-7-10-3-1-2-4-14(10)18/h1-6,9H,7-8H2. The van der Waals surface area contributed by atoms with E-state index < -0.39 is 0 Å². The Labute approximate surface area is 130 Å². The molecule has 4 heteroatoms. The van der Waals surface area contributed by atoms with E-state index in [9.17, 15) is 4.79 Å². The Morgan fingerprint density at radius 1 is 1.21 bits per heavy atom. The molecule has 0 atom stereocenters. The number of hydrogen-bond acceptors (Lipinski definition) is 1. The van der Waals surface area contributed by atoms with Crippen molar-refractivity contribution < 1.29 is 4.79 Å². The molecule has 0 radical (unpaired) electrons. The van der Waals surface area contributed by atoms with Gasteiger partial charge in [-0.25, -0.2) is 0 Å². The fraction of sp³-hybridized carbons (Fsp3) is 0.133. The van der Waals surface area contributed by atoms with Gasteiger partial charge in [0.05, 0.1) is 5.56 Å². The number of carbonyl (C=O) groups is 1. The average molecular weight is 384 g/mol. The summed E-state index contributed by atoms with van der Waals surface area (Å²) in [6, 6.07) is 13.4. The molecular formula is C15H11ClINO. The Hall–Kier alpha value is -1.07. The highest BCUT2D eigenvalue weighted by atomic mass is 127. The first-order valence-corrected chi connectivity index (χ1v) is 7.47. The van der Waals surface area contributed by atoms with Crippen molar-refractivity contribution in [2.24, 2.45) is 0 Å². The zero-order valence-corrected chi connectivity index (χ0v) is 13.0. The SMILES string of the molecule is O=C(c1ccc(Cl)cc1I)N1CCc2ccccc21. The van der Waals surface area contributed by atoms with Gasteiger partial charge in [0.25, 0.3) is 5.91 Å². The van der Waals surface area contributed by atoms with Crippen LogP contribution in [0.15, 0.2) is 42.5 Å². The third-order valence-electron chi connectivity index (χ3n) is 3.29. The Morgan fingerprint density at radius 2 is 2.00 bits per heavy atom. The number of nitrogens with zero attached hydrogens (tertiary/aromatic N) is 1. The summed E-state index contributed by atoms with van der Waals surface area (Å²) in [6.45, 7) is 0.747. The van der Waals surface area contributed by atoms with Crippen LogP contribution in [0, 0.1) is 3.57 Å². The Kier molecular flexibility index (Phi) is 3.50. The maximum atomic E-state index is 12.6. The van der Waals surface area contributed by atoms with E-state index in [-0.39, 0.29) is 5.91 Å². The molecule has 2 aromatic carbocycles. The van der Waals surface area contributed by atoms with Gasteiger partial charge < -0.3 is 4.90 Å². The minimum Gasteiger partial charge on any atom is -0.308 e. The molecule has 0 saturated heterocycles. The Balaban J connectivity index is 1.98. The fourth-order valence-corrected chi connectivity index (χ4v) is 3.46. The molecule has 0 fully saturated rings. The highest BCUT2D eigenvalue weighted by Crippen LogP contribution is 2.30. The molecule has 0 aromatic heterocycles. The first kappa shape index (κ1) is 12.9. The van der Waals surface area contributed by atoms with Crippen LogP contribution in [-0.2, 0) is 6.42 Å². The van der Waals surface area contributed by atoms with Crippen molar-refractivity contribution in [3.8, 4) is 0 Å². The number of rotatable bonds is 1. The van der Waals surface area contributed by atoms with Crippen LogP contribution in [0.5, 0.6) is 0 Å². The summed E-state index contributed by atoms with van der Waals surface area (Å²) in [5, 5.41) is 0.655. The van der Waals surface area contributed by atoms with E-state index in [2.05, 4.69) is 28.7 Å². The van der Waals surface area contributed by atoms with Crippen molar-refractivity contribution >= 4 is 45.8 Å². The van der Waals surface area contributed by atoms with Crippen LogP contribution < -0.4 is 4.90 Å². The van der Waals surface area contributed by atoms with Gasteiger partial charge in [0, 0.05) is 20.8 Å². The lowest BCUT2D eigenvalue weighted by atomic mass is 10.1. The number of anilines is 1. The monoisotopic (exact) mass is 383 g/mol. The molecule has 0 unspecified atom stereocenters. The van der Waals surface area contributed by atoms with Crippen LogP contribution in [-0.4, -0.2) is 12.5 Å². The minimum atomic E-state index is 0.0472. The van der Waals surface area contributed by atoms with Crippen molar-refractivity contribution in [3.63, 3.8) is 0 Å². The molecule has 1 aliphatic rings. The van der Waals surface area contributed by atoms with E-state index in [1.807, 2.05) is 29.2 Å². The number of carbonyl (C=O) groups excluding carboxylic acids is 1. The summed E-state index contributed by atoms with van der Waals surface area (Å²) in [6.07, 6.45) is 0.923. The second kappa shape index (κ2) is 5.13. The zero-order chi connectivity index (χ0) is 13.4. The maximum absolute atomic E-state index is 12.6. The van der Waals surface area contributed by atoms with Crippen molar-refractivity contribution in [1.82, 2.24) is 0 Å². The molecule has 1 aliphatic heterocycles. The van der Waals surface area contributed by atoms with Gasteiger partial charge in [-0.1, -0.05) is 29.8 Å². The lowest BCUT2D eigenvalue weighted by Crippen LogP contribution is -2.29. The summed E-state index contributed by atoms with van der Waals surface area (Å²) in [4.78, 5) is 14.5. The van der Waals surface area contributed by atoms with Gasteiger partial charge in [0.15, 0.2) is 0 Å². The molecule has 0 saturated carbocycles. The van der Waals surface area contributed by atoms with Crippen molar-refractivity contribution in [2.75, 3.05) is 11.4 Å². The molecule has 0 spiro atoms. The van der Waals surface area contributed by atoms with Crippen molar-refractivity contribution in [1.29, 1.82) is 0 Å². The third kappa shape index (κ3) is 2.37. The Morgan fingerprint density at radius 3 is 2.79 bits per heavy atom. The number of fused-ring (bicyclic) bond motifs is 1. The highest BCUT2D eigenvalue weighted by Gasteiger charge is 2.26. The van der Waals surface area contributed by atoms with Gasteiger partial charge in [-0.3, -0.25) is 4.79 Å². The van der Waals surface area contributed by atoms with E-state index in [4.69, 9.17) is 11.6 Å². The third-order valence-corrected chi connectivity index (χ3v) is 4.42. The molecule has 0 aliphatic carbocycles. The average Bonchev–Trinajstić information content (AvgIpc) is 2.82. The summed E-state index contributed by atoms with van der Waals surface area (Å²) in [5.74, 6) is 0.0472. The van der Waals surface area contributed by atoms with Crippen molar-refractivity contribution in [3.05, 3.63) is 62.2 Å². The molecule has 2 aromatic rings. The number of halogens is 2. The van der Waals surface area contributed by atoms with Crippen LogP contribution >= 0.6 is 34.2 Å². The van der Waals surface area contributed by atoms with Crippen molar-refractivity contribution in [2.45, 2.75) is 6.42 Å². The molecule has 2 nitrogen and oxygen atoms in total. The second-order valence-electron chi connectivity index (χ2n) is 4.46. The topological polar surface area (TPSA) is 20.3 Å². The van der Waals surface area contributed by atoms with Crippen LogP contribution in [0.25, 0.3) is 0 Å². The van der Waals surface area contributed by atoms with E-state index in [1.54, 1.807) is 12.1 Å². The molecule has 3 rings (SSSR count). The summed E-state index contributed by atoms with van der Waals surface area (Å²) >= 11 is 8.09. The van der Waals surface area contributed by atoms with Crippen LogP contribution in [0.2, 0.25) is 5.02 Å². The predicted octanol–water partition coefficient (Wildman–Crippen LogP) is 4.15. The Bertz CT molecular complexity index is 656. The second-order valence-corrected chi connectivity index (χ2v) is 6.06. The zero-order valence-electron chi connectivity index (χ0n) is 10.1. The van der Waals surface area contributed by atoms with Gasteiger partial charge in [-0.2, -0.15) is 0 Å². The van der Waals surface area contributed by atoms with Crippen LogP contribution in [0.3, 0.4) is 0 Å². The maximum Gasteiger partial charge on any atom is 0.259 e. The van der Waals surface area contributed by atoms with E-state index in [0.717, 1.165) is 22.2 Å². The largest absolute Gasteiger partial charge is 0.308 e. The predicted molar refractivity (Wildman–Crippen MR) is 86.0 cm³/mol. The summed E-state index contributed by atoms with van der Waals surface area (Å²) < 4.78 is 0.888. The molecular weight excluding hydrogens is 373 g/mol. The van der Waals surface area contributed by atoms with Crippen LogP contribution in [0.4, 0.5) is 5.69 Å². The minimum absolute atomic E-state index is 0.0472. The molecule has 0 bridgehead atoms. The number of hydrogen-bond donors (Lipinski definition) is 0. The van der Waals surface area contributed by atoms with E-state index in [1.165, 1.54) is 5.56 Å². The van der Waals surface area contributed by atoms with Gasteiger partial charge in [-0.05, 0) is 58.8 Å². The lowest BCUT2D eigenvalue weighted by molar-refractivity contribution is 0.0988. The first-order chi connectivity index (χ1) is 9.16. The highest BCUT2D eigenvalue weighted by molar-refractivity contribution is 14.1. The lowest BCUT2D eigenvalue weighted by Gasteiger charge is -2.18. The normalized spacial score (nSPS) is 13.5. The van der Waals surface area contributed by atoms with E-state index >= 15 is 0 Å². The van der Waals surface area contributed by atoms with Gasteiger partial charge in [0.2, 0.25) is 0 Å².